The summed E-state index contributed by atoms with van der Waals surface area (Å²) in [5, 5.41) is 1.65. The Morgan fingerprint density at radius 3 is 2.71 bits per heavy atom. The standard InChI is InChI=1S/C22H18Cl2N4O3/c1-12-7-26(11-25-12)18-3-4-19-22(30)27(13(2)8-28(19)21(18)29)9-14-10-31-20-6-17(24)16(23)5-15(14)20/h3-7,10-11,13H,8-9H2,1-2H3/t13-/m1/s1. The molecular weight excluding hydrogens is 439 g/mol. The second-order valence-electron chi connectivity index (χ2n) is 7.75. The summed E-state index contributed by atoms with van der Waals surface area (Å²) < 4.78 is 8.83. The molecule has 7 nitrogen and oxygen atoms in total. The van der Waals surface area contributed by atoms with E-state index in [0.29, 0.717) is 40.1 Å². The van der Waals surface area contributed by atoms with Crippen molar-refractivity contribution in [3.8, 4) is 5.69 Å². The number of carbonyl (C=O) groups excluding carboxylic acids is 1. The van der Waals surface area contributed by atoms with Gasteiger partial charge in [0.25, 0.3) is 11.5 Å². The SMILES string of the molecule is Cc1cn(-c2ccc3n(c2=O)C[C@@H](C)N(Cc2coc4cc(Cl)c(Cl)cc24)C3=O)cn1. The molecule has 5 rings (SSSR count). The molecular formula is C22H18Cl2N4O3. The molecule has 4 heterocycles. The molecule has 9 heteroatoms. The van der Waals surface area contributed by atoms with Crippen LogP contribution in [0.15, 0.2) is 52.3 Å². The lowest BCUT2D eigenvalue weighted by Crippen LogP contribution is -2.49. The number of pyridine rings is 1. The Morgan fingerprint density at radius 2 is 1.97 bits per heavy atom. The van der Waals surface area contributed by atoms with Gasteiger partial charge in [-0.05, 0) is 32.0 Å². The highest BCUT2D eigenvalue weighted by Gasteiger charge is 2.32. The van der Waals surface area contributed by atoms with Gasteiger partial charge in [-0.1, -0.05) is 23.2 Å². The van der Waals surface area contributed by atoms with Crippen LogP contribution in [0.1, 0.15) is 28.7 Å². The van der Waals surface area contributed by atoms with Crippen molar-refractivity contribution in [2.45, 2.75) is 33.0 Å². The number of halogens is 2. The van der Waals surface area contributed by atoms with Crippen LogP contribution in [0.5, 0.6) is 0 Å². The highest BCUT2D eigenvalue weighted by atomic mass is 35.5. The van der Waals surface area contributed by atoms with Gasteiger partial charge < -0.3 is 18.5 Å². The highest BCUT2D eigenvalue weighted by molar-refractivity contribution is 6.42. The first-order valence-corrected chi connectivity index (χ1v) is 10.5. The number of benzene rings is 1. The number of imidazole rings is 1. The molecule has 0 bridgehead atoms. The van der Waals surface area contributed by atoms with Gasteiger partial charge in [-0.15, -0.1) is 0 Å². The molecule has 0 saturated carbocycles. The van der Waals surface area contributed by atoms with Gasteiger partial charge in [0.05, 0.1) is 34.9 Å². The number of aromatic nitrogens is 3. The number of rotatable bonds is 3. The molecule has 0 aliphatic carbocycles. The molecule has 1 amide bonds. The lowest BCUT2D eigenvalue weighted by atomic mass is 10.1. The first-order chi connectivity index (χ1) is 14.8. The number of nitrogens with zero attached hydrogens (tertiary/aromatic N) is 4. The molecule has 31 heavy (non-hydrogen) atoms. The fraction of sp³-hybridized carbons (Fsp3) is 0.227. The molecule has 3 aromatic heterocycles. The van der Waals surface area contributed by atoms with E-state index < -0.39 is 0 Å². The van der Waals surface area contributed by atoms with E-state index >= 15 is 0 Å². The average molecular weight is 457 g/mol. The van der Waals surface area contributed by atoms with Gasteiger partial charge in [0.2, 0.25) is 0 Å². The van der Waals surface area contributed by atoms with Crippen molar-refractivity contribution in [1.29, 1.82) is 0 Å². The Morgan fingerprint density at radius 1 is 1.19 bits per heavy atom. The Hall–Kier alpha value is -3.03. The quantitative estimate of drug-likeness (QED) is 0.456. The second-order valence-corrected chi connectivity index (χ2v) is 8.56. The van der Waals surface area contributed by atoms with Crippen LogP contribution in [0.2, 0.25) is 10.0 Å². The van der Waals surface area contributed by atoms with Gasteiger partial charge >= 0.3 is 0 Å². The van der Waals surface area contributed by atoms with Crippen molar-refractivity contribution < 1.29 is 9.21 Å². The molecule has 0 N–H and O–H groups in total. The molecule has 0 radical (unpaired) electrons. The largest absolute Gasteiger partial charge is 0.464 e. The number of hydrogen-bond acceptors (Lipinski definition) is 4. The zero-order chi connectivity index (χ0) is 21.9. The fourth-order valence-corrected chi connectivity index (χ4v) is 4.32. The number of fused-ring (bicyclic) bond motifs is 2. The van der Waals surface area contributed by atoms with Crippen LogP contribution < -0.4 is 5.56 Å². The van der Waals surface area contributed by atoms with Crippen molar-refractivity contribution in [2.24, 2.45) is 0 Å². The summed E-state index contributed by atoms with van der Waals surface area (Å²) in [4.78, 5) is 32.3. The van der Waals surface area contributed by atoms with Gasteiger partial charge in [-0.2, -0.15) is 0 Å². The number of furan rings is 1. The van der Waals surface area contributed by atoms with Crippen LogP contribution in [0.3, 0.4) is 0 Å². The van der Waals surface area contributed by atoms with Crippen molar-refractivity contribution in [3.05, 3.63) is 80.4 Å². The molecule has 0 saturated heterocycles. The first-order valence-electron chi connectivity index (χ1n) is 9.74. The van der Waals surface area contributed by atoms with E-state index in [1.165, 1.54) is 4.57 Å². The molecule has 1 aliphatic rings. The third-order valence-electron chi connectivity index (χ3n) is 5.64. The summed E-state index contributed by atoms with van der Waals surface area (Å²) in [5.41, 5.74) is 2.85. The summed E-state index contributed by atoms with van der Waals surface area (Å²) >= 11 is 12.2. The monoisotopic (exact) mass is 456 g/mol. The van der Waals surface area contributed by atoms with Crippen molar-refractivity contribution in [2.75, 3.05) is 0 Å². The number of carbonyl (C=O) groups is 1. The summed E-state index contributed by atoms with van der Waals surface area (Å²) in [6.45, 7) is 4.51. The Balaban J connectivity index is 1.51. The lowest BCUT2D eigenvalue weighted by Gasteiger charge is -2.35. The summed E-state index contributed by atoms with van der Waals surface area (Å²) in [6, 6.07) is 6.58. The van der Waals surface area contributed by atoms with Crippen molar-refractivity contribution >= 4 is 40.1 Å². The fourth-order valence-electron chi connectivity index (χ4n) is 4.00. The van der Waals surface area contributed by atoms with E-state index in [-0.39, 0.29) is 17.5 Å². The topological polar surface area (TPSA) is 73.3 Å². The van der Waals surface area contributed by atoms with Crippen LogP contribution in [0.4, 0.5) is 0 Å². The van der Waals surface area contributed by atoms with E-state index in [2.05, 4.69) is 4.98 Å². The predicted octanol–water partition coefficient (Wildman–Crippen LogP) is 4.44. The number of aryl methyl sites for hydroxylation is 1. The Kier molecular flexibility index (Phi) is 4.68. The van der Waals surface area contributed by atoms with Gasteiger partial charge in [0, 0.05) is 35.8 Å². The normalized spacial score (nSPS) is 16.2. The molecule has 1 aliphatic heterocycles. The van der Waals surface area contributed by atoms with Gasteiger partial charge in [-0.25, -0.2) is 4.98 Å². The highest BCUT2D eigenvalue weighted by Crippen LogP contribution is 2.32. The minimum Gasteiger partial charge on any atom is -0.464 e. The average Bonchev–Trinajstić information content (AvgIpc) is 3.32. The van der Waals surface area contributed by atoms with E-state index in [9.17, 15) is 9.59 Å². The Bertz CT molecular complexity index is 1400. The number of amides is 1. The van der Waals surface area contributed by atoms with Gasteiger partial charge in [0.1, 0.15) is 17.0 Å². The van der Waals surface area contributed by atoms with Crippen LogP contribution in [0.25, 0.3) is 16.7 Å². The maximum atomic E-state index is 13.3. The molecule has 1 atom stereocenters. The molecule has 1 aromatic carbocycles. The second kappa shape index (κ2) is 7.28. The summed E-state index contributed by atoms with van der Waals surface area (Å²) in [6.07, 6.45) is 5.00. The third kappa shape index (κ3) is 3.25. The predicted molar refractivity (Wildman–Crippen MR) is 118 cm³/mol. The van der Waals surface area contributed by atoms with Crippen LogP contribution in [-0.4, -0.2) is 31.0 Å². The smallest absolute Gasteiger partial charge is 0.275 e. The maximum absolute atomic E-state index is 13.3. The lowest BCUT2D eigenvalue weighted by molar-refractivity contribution is 0.0590. The van der Waals surface area contributed by atoms with Crippen LogP contribution in [0, 0.1) is 6.92 Å². The molecule has 158 valence electrons. The van der Waals surface area contributed by atoms with E-state index in [4.69, 9.17) is 27.6 Å². The molecule has 0 unspecified atom stereocenters. The maximum Gasteiger partial charge on any atom is 0.275 e. The van der Waals surface area contributed by atoms with E-state index in [1.807, 2.05) is 13.8 Å². The zero-order valence-electron chi connectivity index (χ0n) is 16.8. The van der Waals surface area contributed by atoms with Gasteiger partial charge in [0.15, 0.2) is 0 Å². The van der Waals surface area contributed by atoms with E-state index in [1.54, 1.807) is 52.5 Å². The van der Waals surface area contributed by atoms with Crippen LogP contribution in [-0.2, 0) is 13.1 Å². The van der Waals surface area contributed by atoms with Crippen molar-refractivity contribution in [3.63, 3.8) is 0 Å². The third-order valence-corrected chi connectivity index (χ3v) is 6.36. The van der Waals surface area contributed by atoms with Crippen molar-refractivity contribution in [1.82, 2.24) is 19.0 Å². The number of hydrogen-bond donors (Lipinski definition) is 0. The minimum absolute atomic E-state index is 0.190. The van der Waals surface area contributed by atoms with E-state index in [0.717, 1.165) is 16.6 Å². The summed E-state index contributed by atoms with van der Waals surface area (Å²) in [5.74, 6) is -0.210. The molecule has 0 fully saturated rings. The zero-order valence-corrected chi connectivity index (χ0v) is 18.3. The summed E-state index contributed by atoms with van der Waals surface area (Å²) in [7, 11) is 0. The molecule has 0 spiro atoms. The molecule has 4 aromatic rings. The van der Waals surface area contributed by atoms with Gasteiger partial charge in [-0.3, -0.25) is 9.59 Å². The van der Waals surface area contributed by atoms with Crippen LogP contribution >= 0.6 is 23.2 Å². The Labute approximate surface area is 187 Å². The first kappa shape index (κ1) is 19.9. The minimum atomic E-state index is -0.218.